The molecule has 126 valence electrons. The predicted molar refractivity (Wildman–Crippen MR) is 91.8 cm³/mol. The first-order valence-corrected chi connectivity index (χ1v) is 9.04. The smallest absolute Gasteiger partial charge is 0.235 e. The van der Waals surface area contributed by atoms with Crippen molar-refractivity contribution in [3.05, 3.63) is 35.9 Å². The van der Waals surface area contributed by atoms with E-state index >= 15 is 0 Å². The van der Waals surface area contributed by atoms with E-state index < -0.39 is 21.5 Å². The third-order valence-corrected chi connectivity index (χ3v) is 4.77. The van der Waals surface area contributed by atoms with E-state index in [0.717, 1.165) is 18.4 Å². The maximum Gasteiger partial charge on any atom is 0.235 e. The van der Waals surface area contributed by atoms with Gasteiger partial charge in [-0.15, -0.1) is 12.4 Å². The van der Waals surface area contributed by atoms with Gasteiger partial charge in [-0.2, -0.15) is 0 Å². The minimum absolute atomic E-state index is 0. The van der Waals surface area contributed by atoms with Crippen molar-refractivity contribution in [3.63, 3.8) is 0 Å². The van der Waals surface area contributed by atoms with Crippen LogP contribution >= 0.6 is 12.4 Å². The molecule has 0 bridgehead atoms. The minimum atomic E-state index is -3.32. The van der Waals surface area contributed by atoms with Gasteiger partial charge in [-0.1, -0.05) is 50.1 Å². The quantitative estimate of drug-likeness (QED) is 0.666. The van der Waals surface area contributed by atoms with E-state index in [1.54, 1.807) is 0 Å². The molecule has 0 spiro atoms. The summed E-state index contributed by atoms with van der Waals surface area (Å²) in [5, 5.41) is 2.58. The highest BCUT2D eigenvalue weighted by Crippen LogP contribution is 2.08. The van der Waals surface area contributed by atoms with E-state index in [1.807, 2.05) is 37.3 Å². The Bertz CT molecular complexity index is 535. The van der Waals surface area contributed by atoms with Gasteiger partial charge in [-0.05, 0) is 12.0 Å². The van der Waals surface area contributed by atoms with Crippen molar-refractivity contribution in [2.24, 2.45) is 5.73 Å². The molecule has 0 aliphatic carbocycles. The number of unbranched alkanes of at least 4 members (excludes halogenated alkanes) is 2. The van der Waals surface area contributed by atoms with Crippen LogP contribution in [0.25, 0.3) is 0 Å². The highest BCUT2D eigenvalue weighted by molar-refractivity contribution is 7.92. The Labute approximate surface area is 139 Å². The van der Waals surface area contributed by atoms with Crippen LogP contribution in [0.15, 0.2) is 30.3 Å². The molecule has 7 heteroatoms. The standard InChI is InChI=1S/C15H24N2O3S.ClH/c1-2-3-7-10-21(19,20)12-15(18)17-11-14(16)13-8-5-4-6-9-13;/h4-6,8-9,14H,2-3,7,10-12,16H2,1H3,(H,17,18);1H. The number of hydrogen-bond donors (Lipinski definition) is 2. The fourth-order valence-corrected chi connectivity index (χ4v) is 3.23. The largest absolute Gasteiger partial charge is 0.353 e. The zero-order chi connectivity index (χ0) is 15.7. The van der Waals surface area contributed by atoms with Crippen molar-refractivity contribution in [1.82, 2.24) is 5.32 Å². The molecule has 1 aromatic carbocycles. The van der Waals surface area contributed by atoms with E-state index in [1.165, 1.54) is 0 Å². The summed E-state index contributed by atoms with van der Waals surface area (Å²) in [4.78, 5) is 11.7. The van der Waals surface area contributed by atoms with Gasteiger partial charge in [0.2, 0.25) is 5.91 Å². The molecule has 0 radical (unpaired) electrons. The van der Waals surface area contributed by atoms with Crippen LogP contribution in [-0.4, -0.2) is 32.4 Å². The lowest BCUT2D eigenvalue weighted by atomic mass is 10.1. The maximum absolute atomic E-state index is 11.7. The Balaban J connectivity index is 0.00000441. The number of carbonyl (C=O) groups excluding carboxylic acids is 1. The van der Waals surface area contributed by atoms with Crippen molar-refractivity contribution in [2.75, 3.05) is 18.1 Å². The van der Waals surface area contributed by atoms with Crippen LogP contribution in [-0.2, 0) is 14.6 Å². The molecular formula is C15H25ClN2O3S. The van der Waals surface area contributed by atoms with Crippen LogP contribution in [0.4, 0.5) is 0 Å². The highest BCUT2D eigenvalue weighted by Gasteiger charge is 2.16. The van der Waals surface area contributed by atoms with E-state index in [4.69, 9.17) is 5.73 Å². The van der Waals surface area contributed by atoms with Crippen molar-refractivity contribution in [2.45, 2.75) is 32.2 Å². The minimum Gasteiger partial charge on any atom is -0.353 e. The third-order valence-electron chi connectivity index (χ3n) is 3.16. The van der Waals surface area contributed by atoms with Crippen LogP contribution in [0.5, 0.6) is 0 Å². The van der Waals surface area contributed by atoms with Crippen LogP contribution in [0.3, 0.4) is 0 Å². The average Bonchev–Trinajstić information content (AvgIpc) is 2.45. The van der Waals surface area contributed by atoms with Crippen LogP contribution in [0.1, 0.15) is 37.8 Å². The Hall–Kier alpha value is -1.11. The summed E-state index contributed by atoms with van der Waals surface area (Å²) < 4.78 is 23.5. The maximum atomic E-state index is 11.7. The van der Waals surface area contributed by atoms with Gasteiger partial charge < -0.3 is 11.1 Å². The second-order valence-electron chi connectivity index (χ2n) is 5.12. The van der Waals surface area contributed by atoms with Gasteiger partial charge in [0.05, 0.1) is 5.75 Å². The molecular weight excluding hydrogens is 324 g/mol. The van der Waals surface area contributed by atoms with Gasteiger partial charge in [0.1, 0.15) is 5.75 Å². The zero-order valence-electron chi connectivity index (χ0n) is 12.8. The highest BCUT2D eigenvalue weighted by atomic mass is 35.5. The SMILES string of the molecule is CCCCCS(=O)(=O)CC(=O)NCC(N)c1ccccc1.Cl. The van der Waals surface area contributed by atoms with Gasteiger partial charge in [0, 0.05) is 12.6 Å². The molecule has 1 amide bonds. The Morgan fingerprint density at radius 1 is 1.23 bits per heavy atom. The van der Waals surface area contributed by atoms with Crippen molar-refractivity contribution in [1.29, 1.82) is 0 Å². The summed E-state index contributed by atoms with van der Waals surface area (Å²) in [6, 6.07) is 9.04. The molecule has 0 heterocycles. The number of carbonyl (C=O) groups is 1. The van der Waals surface area contributed by atoms with Crippen molar-refractivity contribution >= 4 is 28.2 Å². The monoisotopic (exact) mass is 348 g/mol. The Kier molecular flexibility index (Phi) is 10.1. The van der Waals surface area contributed by atoms with Crippen LogP contribution in [0.2, 0.25) is 0 Å². The number of amides is 1. The first-order chi connectivity index (χ1) is 9.94. The number of benzene rings is 1. The molecule has 0 saturated heterocycles. The first-order valence-electron chi connectivity index (χ1n) is 7.22. The molecule has 3 N–H and O–H groups in total. The Morgan fingerprint density at radius 3 is 2.45 bits per heavy atom. The molecule has 0 aliphatic rings. The molecule has 22 heavy (non-hydrogen) atoms. The van der Waals surface area contributed by atoms with Gasteiger partial charge >= 0.3 is 0 Å². The number of hydrogen-bond acceptors (Lipinski definition) is 4. The van der Waals surface area contributed by atoms with Crippen molar-refractivity contribution < 1.29 is 13.2 Å². The summed E-state index contributed by atoms with van der Waals surface area (Å²) in [7, 11) is -3.32. The molecule has 5 nitrogen and oxygen atoms in total. The molecule has 0 aliphatic heterocycles. The van der Waals surface area contributed by atoms with E-state index in [0.29, 0.717) is 6.42 Å². The number of halogens is 1. The lowest BCUT2D eigenvalue weighted by Gasteiger charge is -2.13. The fraction of sp³-hybridized carbons (Fsp3) is 0.533. The molecule has 0 saturated carbocycles. The summed E-state index contributed by atoms with van der Waals surface area (Å²) in [6.45, 7) is 2.23. The zero-order valence-corrected chi connectivity index (χ0v) is 14.5. The first kappa shape index (κ1) is 20.9. The van der Waals surface area contributed by atoms with Crippen LogP contribution in [0, 0.1) is 0 Å². The average molecular weight is 349 g/mol. The topological polar surface area (TPSA) is 89.3 Å². The van der Waals surface area contributed by atoms with E-state index in [-0.39, 0.29) is 30.7 Å². The van der Waals surface area contributed by atoms with Gasteiger partial charge in [-0.25, -0.2) is 8.42 Å². The molecule has 1 aromatic rings. The number of rotatable bonds is 9. The molecule has 1 atom stereocenters. The molecule has 0 fully saturated rings. The van der Waals surface area contributed by atoms with Gasteiger partial charge in [-0.3, -0.25) is 4.79 Å². The second-order valence-corrected chi connectivity index (χ2v) is 7.30. The van der Waals surface area contributed by atoms with Crippen LogP contribution < -0.4 is 11.1 Å². The normalized spacial score (nSPS) is 12.3. The summed E-state index contributed by atoms with van der Waals surface area (Å²) in [6.07, 6.45) is 2.42. The summed E-state index contributed by atoms with van der Waals surface area (Å²) in [5.41, 5.74) is 6.85. The van der Waals surface area contributed by atoms with E-state index in [9.17, 15) is 13.2 Å². The molecule has 0 aromatic heterocycles. The predicted octanol–water partition coefficient (Wildman–Crippen LogP) is 1.83. The number of nitrogens with one attached hydrogen (secondary N) is 1. The van der Waals surface area contributed by atoms with E-state index in [2.05, 4.69) is 5.32 Å². The number of sulfone groups is 1. The Morgan fingerprint density at radius 2 is 1.86 bits per heavy atom. The van der Waals surface area contributed by atoms with Crippen molar-refractivity contribution in [3.8, 4) is 0 Å². The molecule has 1 rings (SSSR count). The number of nitrogens with two attached hydrogens (primary N) is 1. The van der Waals surface area contributed by atoms with Gasteiger partial charge in [0.15, 0.2) is 9.84 Å². The third kappa shape index (κ3) is 8.36. The second kappa shape index (κ2) is 10.6. The summed E-state index contributed by atoms with van der Waals surface area (Å²) >= 11 is 0. The summed E-state index contributed by atoms with van der Waals surface area (Å²) in [5.74, 6) is -0.880. The van der Waals surface area contributed by atoms with Gasteiger partial charge in [0.25, 0.3) is 0 Å². The lowest BCUT2D eigenvalue weighted by Crippen LogP contribution is -2.36. The lowest BCUT2D eigenvalue weighted by molar-refractivity contribution is -0.118. The fourth-order valence-electron chi connectivity index (χ4n) is 1.94. The molecule has 1 unspecified atom stereocenters.